The quantitative estimate of drug-likeness (QED) is 0.783. The Balaban J connectivity index is 1.81. The average Bonchev–Trinajstić information content (AvgIpc) is 3.01. The van der Waals surface area contributed by atoms with Gasteiger partial charge in [0.25, 0.3) is 0 Å². The van der Waals surface area contributed by atoms with Gasteiger partial charge in [-0.1, -0.05) is 30.3 Å². The van der Waals surface area contributed by atoms with E-state index >= 15 is 0 Å². The van der Waals surface area contributed by atoms with Crippen molar-refractivity contribution in [3.05, 3.63) is 60.2 Å². The number of benzene rings is 2. The lowest BCUT2D eigenvalue weighted by Gasteiger charge is -2.30. The fourth-order valence-corrected chi connectivity index (χ4v) is 3.18. The molecular formula is C17H18N4. The third-order valence-corrected chi connectivity index (χ3v) is 4.30. The molecule has 0 saturated heterocycles. The van der Waals surface area contributed by atoms with Crippen molar-refractivity contribution in [3.63, 3.8) is 0 Å². The van der Waals surface area contributed by atoms with Crippen molar-refractivity contribution in [2.75, 3.05) is 11.4 Å². The van der Waals surface area contributed by atoms with Crippen molar-refractivity contribution in [3.8, 4) is 0 Å². The van der Waals surface area contributed by atoms with Gasteiger partial charge in [0, 0.05) is 43.1 Å². The van der Waals surface area contributed by atoms with E-state index in [1.807, 2.05) is 6.20 Å². The van der Waals surface area contributed by atoms with Gasteiger partial charge in [0.15, 0.2) is 0 Å². The Morgan fingerprint density at radius 1 is 1.05 bits per heavy atom. The second-order valence-electron chi connectivity index (χ2n) is 5.45. The highest BCUT2D eigenvalue weighted by Crippen LogP contribution is 2.31. The lowest BCUT2D eigenvalue weighted by atomic mass is 10.0. The Labute approximate surface area is 123 Å². The monoisotopic (exact) mass is 278 g/mol. The second kappa shape index (κ2) is 4.90. The number of nitrogens with zero attached hydrogens (tertiary/aromatic N) is 3. The summed E-state index contributed by atoms with van der Waals surface area (Å²) < 4.78 is 2.23. The van der Waals surface area contributed by atoms with Crippen LogP contribution >= 0.6 is 0 Å². The molecular weight excluding hydrogens is 260 g/mol. The Morgan fingerprint density at radius 2 is 1.90 bits per heavy atom. The van der Waals surface area contributed by atoms with Crippen LogP contribution in [0.15, 0.2) is 48.8 Å². The summed E-state index contributed by atoms with van der Waals surface area (Å²) in [5, 5.41) is 2.53. The Bertz CT molecular complexity index is 790. The van der Waals surface area contributed by atoms with Gasteiger partial charge >= 0.3 is 0 Å². The number of rotatable bonds is 2. The molecule has 4 rings (SSSR count). The number of anilines is 1. The molecule has 2 aromatic carbocycles. The van der Waals surface area contributed by atoms with E-state index in [1.165, 1.54) is 22.0 Å². The van der Waals surface area contributed by atoms with Crippen LogP contribution in [-0.4, -0.2) is 16.1 Å². The van der Waals surface area contributed by atoms with Crippen LogP contribution in [0.3, 0.4) is 0 Å². The standard InChI is InChI=1S/C17H18N4/c18-11-13-5-6-16(15-4-2-1-3-14(13)15)21-10-9-20-8-7-19-17(20)12-21/h1-8H,9-12,18H2. The van der Waals surface area contributed by atoms with Crippen molar-refractivity contribution >= 4 is 16.5 Å². The topological polar surface area (TPSA) is 47.1 Å². The van der Waals surface area contributed by atoms with E-state index in [-0.39, 0.29) is 0 Å². The predicted octanol–water partition coefficient (Wildman–Crippen LogP) is 2.52. The van der Waals surface area contributed by atoms with Crippen LogP contribution in [-0.2, 0) is 19.6 Å². The molecule has 0 bridgehead atoms. The van der Waals surface area contributed by atoms with Gasteiger partial charge in [-0.15, -0.1) is 0 Å². The van der Waals surface area contributed by atoms with Crippen LogP contribution in [0, 0.1) is 0 Å². The van der Waals surface area contributed by atoms with Gasteiger partial charge < -0.3 is 15.2 Å². The highest BCUT2D eigenvalue weighted by molar-refractivity contribution is 5.96. The lowest BCUT2D eigenvalue weighted by molar-refractivity contribution is 0.561. The highest BCUT2D eigenvalue weighted by atomic mass is 15.2. The summed E-state index contributed by atoms with van der Waals surface area (Å²) in [4.78, 5) is 6.86. The summed E-state index contributed by atoms with van der Waals surface area (Å²) in [6, 6.07) is 12.9. The first-order chi connectivity index (χ1) is 10.4. The first kappa shape index (κ1) is 12.4. The van der Waals surface area contributed by atoms with Crippen molar-refractivity contribution in [2.45, 2.75) is 19.6 Å². The SMILES string of the molecule is NCc1ccc(N2CCn3ccnc3C2)c2ccccc12. The summed E-state index contributed by atoms with van der Waals surface area (Å²) in [7, 11) is 0. The van der Waals surface area contributed by atoms with Gasteiger partial charge in [-0.25, -0.2) is 4.98 Å². The summed E-state index contributed by atoms with van der Waals surface area (Å²) in [6.07, 6.45) is 3.94. The molecule has 4 heteroatoms. The molecule has 0 fully saturated rings. The number of aromatic nitrogens is 2. The zero-order valence-corrected chi connectivity index (χ0v) is 11.9. The molecule has 2 heterocycles. The molecule has 0 atom stereocenters. The molecule has 21 heavy (non-hydrogen) atoms. The predicted molar refractivity (Wildman–Crippen MR) is 85.1 cm³/mol. The fourth-order valence-electron chi connectivity index (χ4n) is 3.18. The van der Waals surface area contributed by atoms with Crippen molar-refractivity contribution in [2.24, 2.45) is 5.73 Å². The Kier molecular flexibility index (Phi) is 2.89. The molecule has 0 saturated carbocycles. The Hall–Kier alpha value is -2.33. The van der Waals surface area contributed by atoms with Crippen LogP contribution in [0.5, 0.6) is 0 Å². The summed E-state index contributed by atoms with van der Waals surface area (Å²) in [6.45, 7) is 3.43. The minimum atomic E-state index is 0.575. The second-order valence-corrected chi connectivity index (χ2v) is 5.45. The van der Waals surface area contributed by atoms with Crippen LogP contribution < -0.4 is 10.6 Å². The molecule has 0 spiro atoms. The third-order valence-electron chi connectivity index (χ3n) is 4.30. The molecule has 1 aliphatic heterocycles. The smallest absolute Gasteiger partial charge is 0.128 e. The maximum absolute atomic E-state index is 5.87. The summed E-state index contributed by atoms with van der Waals surface area (Å²) in [5.74, 6) is 1.13. The first-order valence-corrected chi connectivity index (χ1v) is 7.32. The van der Waals surface area contributed by atoms with Crippen LogP contribution in [0.2, 0.25) is 0 Å². The number of nitrogens with two attached hydrogens (primary N) is 1. The summed E-state index contributed by atoms with van der Waals surface area (Å²) >= 11 is 0. The van der Waals surface area contributed by atoms with Gasteiger partial charge in [0.05, 0.1) is 6.54 Å². The first-order valence-electron chi connectivity index (χ1n) is 7.32. The van der Waals surface area contributed by atoms with Crippen LogP contribution in [0.1, 0.15) is 11.4 Å². The Morgan fingerprint density at radius 3 is 2.76 bits per heavy atom. The molecule has 0 unspecified atom stereocenters. The van der Waals surface area contributed by atoms with E-state index in [2.05, 4.69) is 57.0 Å². The number of imidazole rings is 1. The van der Waals surface area contributed by atoms with Crippen molar-refractivity contribution in [1.82, 2.24) is 9.55 Å². The zero-order valence-electron chi connectivity index (χ0n) is 11.9. The summed E-state index contributed by atoms with van der Waals surface area (Å²) in [5.41, 5.74) is 8.34. The third kappa shape index (κ3) is 1.99. The van der Waals surface area contributed by atoms with E-state index in [4.69, 9.17) is 5.73 Å². The fraction of sp³-hybridized carbons (Fsp3) is 0.235. The van der Waals surface area contributed by atoms with E-state index in [0.29, 0.717) is 6.54 Å². The number of hydrogen-bond acceptors (Lipinski definition) is 3. The van der Waals surface area contributed by atoms with E-state index in [1.54, 1.807) is 0 Å². The minimum Gasteiger partial charge on any atom is -0.362 e. The maximum atomic E-state index is 5.87. The van der Waals surface area contributed by atoms with Gasteiger partial charge in [-0.3, -0.25) is 0 Å². The molecule has 1 aliphatic rings. The molecule has 106 valence electrons. The van der Waals surface area contributed by atoms with Gasteiger partial charge in [0.1, 0.15) is 5.82 Å². The lowest BCUT2D eigenvalue weighted by Crippen LogP contribution is -2.33. The molecule has 0 aliphatic carbocycles. The number of fused-ring (bicyclic) bond motifs is 2. The molecule has 0 amide bonds. The van der Waals surface area contributed by atoms with Crippen molar-refractivity contribution < 1.29 is 0 Å². The van der Waals surface area contributed by atoms with E-state index in [9.17, 15) is 0 Å². The number of hydrogen-bond donors (Lipinski definition) is 1. The normalized spacial score (nSPS) is 14.4. The van der Waals surface area contributed by atoms with Gasteiger partial charge in [-0.2, -0.15) is 0 Å². The van der Waals surface area contributed by atoms with Crippen LogP contribution in [0.4, 0.5) is 5.69 Å². The van der Waals surface area contributed by atoms with Gasteiger partial charge in [-0.05, 0) is 17.0 Å². The zero-order chi connectivity index (χ0) is 14.2. The van der Waals surface area contributed by atoms with Crippen molar-refractivity contribution in [1.29, 1.82) is 0 Å². The van der Waals surface area contributed by atoms with E-state index in [0.717, 1.165) is 25.5 Å². The molecule has 4 nitrogen and oxygen atoms in total. The minimum absolute atomic E-state index is 0.575. The molecule has 0 radical (unpaired) electrons. The largest absolute Gasteiger partial charge is 0.362 e. The van der Waals surface area contributed by atoms with E-state index < -0.39 is 0 Å². The van der Waals surface area contributed by atoms with Gasteiger partial charge in [0.2, 0.25) is 0 Å². The molecule has 1 aromatic heterocycles. The maximum Gasteiger partial charge on any atom is 0.128 e. The molecule has 3 aromatic rings. The van der Waals surface area contributed by atoms with Crippen LogP contribution in [0.25, 0.3) is 10.8 Å². The average molecular weight is 278 g/mol. The molecule has 2 N–H and O–H groups in total. The highest BCUT2D eigenvalue weighted by Gasteiger charge is 2.18.